The van der Waals surface area contributed by atoms with Gasteiger partial charge in [0.2, 0.25) is 15.9 Å². The van der Waals surface area contributed by atoms with Crippen LogP contribution in [0.15, 0.2) is 42.5 Å². The molecule has 2 amide bonds. The first-order valence-corrected chi connectivity index (χ1v) is 17.6. The van der Waals surface area contributed by atoms with Gasteiger partial charge in [0.05, 0.1) is 19.0 Å². The van der Waals surface area contributed by atoms with Crippen LogP contribution in [0.25, 0.3) is 0 Å². The summed E-state index contributed by atoms with van der Waals surface area (Å²) < 4.78 is 67.2. The van der Waals surface area contributed by atoms with Crippen molar-refractivity contribution in [2.45, 2.75) is 81.5 Å². The molecule has 2 aliphatic heterocycles. The van der Waals surface area contributed by atoms with Gasteiger partial charge in [-0.05, 0) is 87.1 Å². The number of anilines is 1. The summed E-state index contributed by atoms with van der Waals surface area (Å²) in [4.78, 5) is 26.7. The van der Waals surface area contributed by atoms with Gasteiger partial charge in [0.15, 0.2) is 0 Å². The molecule has 252 valence electrons. The van der Waals surface area contributed by atoms with Crippen LogP contribution < -0.4 is 16.0 Å². The van der Waals surface area contributed by atoms with Crippen molar-refractivity contribution in [1.82, 2.24) is 14.9 Å². The van der Waals surface area contributed by atoms with E-state index < -0.39 is 45.6 Å². The van der Waals surface area contributed by atoms with Crippen LogP contribution in [-0.2, 0) is 30.7 Å². The standard InChI is InChI=1S/C33H44F2N4O6S/c1-44-26-15-10-22(11-16-26)30(21-8-12-23(34)13-9-21)31(38-33(41)45-2)32(40)37-29-7-3-6-28(35)27(29)17-14-25-19-36-24-5-4-18-46(42,43)39(25)20-24/h3,6-9,12-13,22,24-26,30-31,36H,4-5,10-11,14-20H2,1-2H3,(H,37,40)(H,38,41)/t22?,24-,25+,26?,30+,31+/m1/s1. The van der Waals surface area contributed by atoms with Gasteiger partial charge in [0.1, 0.15) is 17.7 Å². The zero-order valence-corrected chi connectivity index (χ0v) is 27.2. The number of carbonyl (C=O) groups is 2. The van der Waals surface area contributed by atoms with Gasteiger partial charge in [-0.3, -0.25) is 4.79 Å². The summed E-state index contributed by atoms with van der Waals surface area (Å²) in [5.74, 6) is -2.01. The number of nitrogens with zero attached hydrogens (tertiary/aromatic N) is 1. The highest BCUT2D eigenvalue weighted by Crippen LogP contribution is 2.40. The third-order valence-electron chi connectivity index (χ3n) is 9.78. The average molecular weight is 663 g/mol. The fraction of sp³-hybridized carbons (Fsp3) is 0.576. The predicted octanol–water partition coefficient (Wildman–Crippen LogP) is 4.32. The lowest BCUT2D eigenvalue weighted by molar-refractivity contribution is -0.119. The molecule has 13 heteroatoms. The molecule has 1 aliphatic carbocycles. The smallest absolute Gasteiger partial charge is 0.407 e. The number of hydrogen-bond donors (Lipinski definition) is 3. The van der Waals surface area contributed by atoms with Gasteiger partial charge in [-0.2, -0.15) is 4.31 Å². The second-order valence-electron chi connectivity index (χ2n) is 12.5. The van der Waals surface area contributed by atoms with Crippen LogP contribution in [-0.4, -0.2) is 82.0 Å². The van der Waals surface area contributed by atoms with Gasteiger partial charge in [0.25, 0.3) is 0 Å². The molecule has 2 saturated heterocycles. The first-order valence-electron chi connectivity index (χ1n) is 16.0. The van der Waals surface area contributed by atoms with Crippen molar-refractivity contribution in [1.29, 1.82) is 0 Å². The van der Waals surface area contributed by atoms with Gasteiger partial charge in [-0.15, -0.1) is 0 Å². The maximum absolute atomic E-state index is 15.4. The Morgan fingerprint density at radius 1 is 1.04 bits per heavy atom. The maximum Gasteiger partial charge on any atom is 0.407 e. The Hall–Kier alpha value is -3.13. The fourth-order valence-electron chi connectivity index (χ4n) is 7.31. The molecule has 46 heavy (non-hydrogen) atoms. The second-order valence-corrected chi connectivity index (χ2v) is 14.6. The Kier molecular flexibility index (Phi) is 11.3. The Balaban J connectivity index is 1.40. The van der Waals surface area contributed by atoms with E-state index in [1.807, 2.05) is 0 Å². The summed E-state index contributed by atoms with van der Waals surface area (Å²) in [6.07, 6.45) is 4.18. The van der Waals surface area contributed by atoms with Gasteiger partial charge >= 0.3 is 6.09 Å². The molecule has 3 N–H and O–H groups in total. The molecule has 2 heterocycles. The Labute approximate surface area is 269 Å². The topological polar surface area (TPSA) is 126 Å². The van der Waals surface area contributed by atoms with Crippen LogP contribution in [0.2, 0.25) is 0 Å². The number of amides is 2. The van der Waals surface area contributed by atoms with Gasteiger partial charge in [-0.1, -0.05) is 18.2 Å². The maximum atomic E-state index is 15.4. The monoisotopic (exact) mass is 662 g/mol. The average Bonchev–Trinajstić information content (AvgIpc) is 3.16. The number of rotatable bonds is 10. The lowest BCUT2D eigenvalue weighted by Gasteiger charge is -2.38. The molecule has 5 rings (SSSR count). The van der Waals surface area contributed by atoms with Gasteiger partial charge in [-0.25, -0.2) is 22.0 Å². The lowest BCUT2D eigenvalue weighted by atomic mass is 9.72. The van der Waals surface area contributed by atoms with E-state index in [0.29, 0.717) is 44.3 Å². The van der Waals surface area contributed by atoms with Crippen LogP contribution in [0.3, 0.4) is 0 Å². The highest BCUT2D eigenvalue weighted by molar-refractivity contribution is 7.89. The molecule has 0 aromatic heterocycles. The SMILES string of the molecule is COC(=O)N[C@H](C(=O)Nc1cccc(F)c1CC[C@H]1CN[C@@H]2CCCS(=O)(=O)N1C2)[C@@H](c1ccc(F)cc1)C1CCC(OC)CC1. The van der Waals surface area contributed by atoms with E-state index in [4.69, 9.17) is 9.47 Å². The van der Waals surface area contributed by atoms with E-state index >= 15 is 4.39 Å². The van der Waals surface area contributed by atoms with E-state index in [0.717, 1.165) is 19.3 Å². The molecule has 10 nitrogen and oxygen atoms in total. The number of hydrogen-bond acceptors (Lipinski definition) is 7. The molecular formula is C33H44F2N4O6S. The summed E-state index contributed by atoms with van der Waals surface area (Å²) >= 11 is 0. The van der Waals surface area contributed by atoms with Crippen molar-refractivity contribution in [3.8, 4) is 0 Å². The number of benzene rings is 2. The van der Waals surface area contributed by atoms with Crippen LogP contribution >= 0.6 is 0 Å². The third-order valence-corrected chi connectivity index (χ3v) is 11.7. The molecule has 3 fully saturated rings. The first kappa shape index (κ1) is 34.2. The van der Waals surface area contributed by atoms with Crippen molar-refractivity contribution >= 4 is 27.7 Å². The number of sulfonamides is 1. The summed E-state index contributed by atoms with van der Waals surface area (Å²) in [5.41, 5.74) is 1.17. The lowest BCUT2D eigenvalue weighted by Crippen LogP contribution is -2.57. The van der Waals surface area contributed by atoms with Crippen molar-refractivity contribution in [2.75, 3.05) is 38.4 Å². The number of methoxy groups -OCH3 is 2. The van der Waals surface area contributed by atoms with Crippen LogP contribution in [0.4, 0.5) is 19.3 Å². The van der Waals surface area contributed by atoms with E-state index in [9.17, 15) is 22.4 Å². The summed E-state index contributed by atoms with van der Waals surface area (Å²) in [5, 5.41) is 9.00. The highest BCUT2D eigenvalue weighted by atomic mass is 32.2. The summed E-state index contributed by atoms with van der Waals surface area (Å²) in [6, 6.07) is 8.93. The zero-order valence-electron chi connectivity index (χ0n) is 26.3. The van der Waals surface area contributed by atoms with Crippen molar-refractivity contribution < 1.29 is 36.3 Å². The minimum atomic E-state index is -3.42. The molecule has 2 bridgehead atoms. The quantitative estimate of drug-likeness (QED) is 0.346. The Bertz CT molecular complexity index is 1470. The van der Waals surface area contributed by atoms with Gasteiger partial charge in [0, 0.05) is 49.5 Å². The van der Waals surface area contributed by atoms with Crippen LogP contribution in [0, 0.1) is 17.6 Å². The minimum absolute atomic E-state index is 0.0463. The van der Waals surface area contributed by atoms with Crippen molar-refractivity contribution in [3.63, 3.8) is 0 Å². The van der Waals surface area contributed by atoms with Crippen LogP contribution in [0.1, 0.15) is 62.0 Å². The predicted molar refractivity (Wildman–Crippen MR) is 170 cm³/mol. The molecular weight excluding hydrogens is 618 g/mol. The summed E-state index contributed by atoms with van der Waals surface area (Å²) in [7, 11) is -0.542. The Morgan fingerprint density at radius 3 is 2.48 bits per heavy atom. The molecule has 0 spiro atoms. The van der Waals surface area contributed by atoms with Crippen molar-refractivity contribution in [2.24, 2.45) is 5.92 Å². The first-order chi connectivity index (χ1) is 22.1. The number of fused-ring (bicyclic) bond motifs is 2. The van der Waals surface area contributed by atoms with E-state index in [1.54, 1.807) is 29.6 Å². The van der Waals surface area contributed by atoms with Crippen molar-refractivity contribution in [3.05, 3.63) is 65.2 Å². The molecule has 1 unspecified atom stereocenters. The molecule has 5 atom stereocenters. The number of alkyl carbamates (subject to hydrolysis) is 1. The molecule has 1 saturated carbocycles. The Morgan fingerprint density at radius 2 is 1.78 bits per heavy atom. The molecule has 3 aliphatic rings. The van der Waals surface area contributed by atoms with E-state index in [1.165, 1.54) is 31.4 Å². The van der Waals surface area contributed by atoms with Gasteiger partial charge < -0.3 is 25.4 Å². The highest BCUT2D eigenvalue weighted by Gasteiger charge is 2.40. The second kappa shape index (κ2) is 15.2. The number of nitrogens with one attached hydrogen (secondary N) is 3. The number of halogens is 2. The van der Waals surface area contributed by atoms with Crippen LogP contribution in [0.5, 0.6) is 0 Å². The third kappa shape index (κ3) is 8.04. The molecule has 2 aromatic rings. The van der Waals surface area contributed by atoms with E-state index in [-0.39, 0.29) is 47.5 Å². The number of ether oxygens (including phenoxy) is 2. The zero-order chi connectivity index (χ0) is 32.8. The number of piperazine rings is 1. The molecule has 2 aromatic carbocycles. The van der Waals surface area contributed by atoms with E-state index in [2.05, 4.69) is 16.0 Å². The summed E-state index contributed by atoms with van der Waals surface area (Å²) in [6.45, 7) is 0.863. The fourth-order valence-corrected chi connectivity index (χ4v) is 9.11. The number of carbonyl (C=O) groups excluding carboxylic acids is 2. The largest absolute Gasteiger partial charge is 0.453 e. The molecule has 0 radical (unpaired) electrons. The normalized spacial score (nSPS) is 27.1. The minimum Gasteiger partial charge on any atom is -0.453 e.